The summed E-state index contributed by atoms with van der Waals surface area (Å²) in [6.45, 7) is 1.01. The Hall–Kier alpha value is -2.58. The number of benzene rings is 2. The molecule has 1 aliphatic rings. The lowest BCUT2D eigenvalue weighted by Crippen LogP contribution is -2.27. The number of carbonyl (C=O) groups is 1. The lowest BCUT2D eigenvalue weighted by molar-refractivity contribution is 0.0949. The second kappa shape index (κ2) is 7.35. The molecule has 3 rings (SSSR count). The molecule has 0 unspecified atom stereocenters. The van der Waals surface area contributed by atoms with Gasteiger partial charge in [-0.25, -0.2) is 12.7 Å². The van der Waals surface area contributed by atoms with Crippen LogP contribution in [-0.4, -0.2) is 45.9 Å². The van der Waals surface area contributed by atoms with Gasteiger partial charge >= 0.3 is 0 Å². The predicted molar refractivity (Wildman–Crippen MR) is 95.9 cm³/mol. The van der Waals surface area contributed by atoms with Gasteiger partial charge in [0.1, 0.15) is 13.2 Å². The number of nitrogens with zero attached hydrogens (tertiary/aromatic N) is 1. The van der Waals surface area contributed by atoms with Crippen LogP contribution in [0.4, 0.5) is 0 Å². The fraction of sp³-hybridized carbons (Fsp3) is 0.278. The third kappa shape index (κ3) is 3.66. The summed E-state index contributed by atoms with van der Waals surface area (Å²) in [6.07, 6.45) is 0. The zero-order valence-corrected chi connectivity index (χ0v) is 15.4. The van der Waals surface area contributed by atoms with Crippen LogP contribution >= 0.6 is 0 Å². The first-order valence-electron chi connectivity index (χ1n) is 8.08. The van der Waals surface area contributed by atoms with Crippen LogP contribution in [0.25, 0.3) is 0 Å². The van der Waals surface area contributed by atoms with Gasteiger partial charge in [-0.2, -0.15) is 0 Å². The summed E-state index contributed by atoms with van der Waals surface area (Å²) in [5, 5.41) is 2.76. The minimum atomic E-state index is -3.59. The average Bonchev–Trinajstić information content (AvgIpc) is 2.65. The van der Waals surface area contributed by atoms with Gasteiger partial charge in [-0.15, -0.1) is 0 Å². The van der Waals surface area contributed by atoms with Crippen LogP contribution in [-0.2, 0) is 16.6 Å². The Morgan fingerprint density at radius 1 is 1.08 bits per heavy atom. The number of nitrogens with one attached hydrogen (secondary N) is 1. The van der Waals surface area contributed by atoms with Gasteiger partial charge in [0.2, 0.25) is 10.0 Å². The molecule has 0 atom stereocenters. The summed E-state index contributed by atoms with van der Waals surface area (Å²) in [4.78, 5) is 12.6. The van der Waals surface area contributed by atoms with Crippen molar-refractivity contribution in [2.75, 3.05) is 27.3 Å². The van der Waals surface area contributed by atoms with Crippen LogP contribution < -0.4 is 14.8 Å². The SMILES string of the molecule is CN(C)S(=O)(=O)c1ccccc1CNC(=O)c1ccc2c(c1)OCCO2. The molecule has 0 bridgehead atoms. The Morgan fingerprint density at radius 2 is 1.77 bits per heavy atom. The van der Waals surface area contributed by atoms with E-state index in [-0.39, 0.29) is 17.3 Å². The summed E-state index contributed by atoms with van der Waals surface area (Å²) in [6, 6.07) is 11.6. The van der Waals surface area contributed by atoms with Crippen LogP contribution in [0.1, 0.15) is 15.9 Å². The normalized spacial score (nSPS) is 13.5. The molecular formula is C18H20N2O5S. The molecule has 0 saturated carbocycles. The Balaban J connectivity index is 1.77. The van der Waals surface area contributed by atoms with Crippen LogP contribution in [0.5, 0.6) is 11.5 Å². The number of hydrogen-bond donors (Lipinski definition) is 1. The summed E-state index contributed by atoms with van der Waals surface area (Å²) >= 11 is 0. The van der Waals surface area contributed by atoms with Crippen molar-refractivity contribution >= 4 is 15.9 Å². The van der Waals surface area contributed by atoms with E-state index < -0.39 is 10.0 Å². The highest BCUT2D eigenvalue weighted by atomic mass is 32.2. The molecule has 1 heterocycles. The van der Waals surface area contributed by atoms with E-state index in [4.69, 9.17) is 9.47 Å². The molecule has 2 aromatic carbocycles. The second-order valence-corrected chi connectivity index (χ2v) is 8.06. The Kier molecular flexibility index (Phi) is 5.15. The lowest BCUT2D eigenvalue weighted by atomic mass is 10.1. The molecule has 0 saturated heterocycles. The van der Waals surface area contributed by atoms with Crippen LogP contribution in [0.2, 0.25) is 0 Å². The molecule has 1 amide bonds. The van der Waals surface area contributed by atoms with Crippen molar-refractivity contribution in [2.24, 2.45) is 0 Å². The molecule has 8 heteroatoms. The maximum Gasteiger partial charge on any atom is 0.251 e. The van der Waals surface area contributed by atoms with Gasteiger partial charge in [-0.3, -0.25) is 4.79 Å². The number of sulfonamides is 1. The van der Waals surface area contributed by atoms with Crippen molar-refractivity contribution in [3.8, 4) is 11.5 Å². The maximum absolute atomic E-state index is 12.4. The minimum absolute atomic E-state index is 0.0938. The van der Waals surface area contributed by atoms with Gasteiger partial charge in [0.15, 0.2) is 11.5 Å². The van der Waals surface area contributed by atoms with Gasteiger partial charge in [0.05, 0.1) is 4.90 Å². The minimum Gasteiger partial charge on any atom is -0.486 e. The number of fused-ring (bicyclic) bond motifs is 1. The first-order chi connectivity index (χ1) is 12.4. The Labute approximate surface area is 152 Å². The first kappa shape index (κ1) is 18.2. The monoisotopic (exact) mass is 376 g/mol. The quantitative estimate of drug-likeness (QED) is 0.858. The molecule has 1 N–H and O–H groups in total. The topological polar surface area (TPSA) is 84.9 Å². The number of carbonyl (C=O) groups excluding carboxylic acids is 1. The number of amides is 1. The summed E-state index contributed by atoms with van der Waals surface area (Å²) in [5.74, 6) is 0.814. The molecule has 26 heavy (non-hydrogen) atoms. The third-order valence-corrected chi connectivity index (χ3v) is 5.89. The molecule has 7 nitrogen and oxygen atoms in total. The van der Waals surface area contributed by atoms with E-state index in [1.54, 1.807) is 36.4 Å². The van der Waals surface area contributed by atoms with Crippen LogP contribution in [0.3, 0.4) is 0 Å². The Morgan fingerprint density at radius 3 is 2.50 bits per heavy atom. The molecular weight excluding hydrogens is 356 g/mol. The second-order valence-electron chi connectivity index (χ2n) is 5.94. The van der Waals surface area contributed by atoms with Gasteiger partial charge in [0.25, 0.3) is 5.91 Å². The molecule has 138 valence electrons. The number of ether oxygens (including phenoxy) is 2. The molecule has 0 fully saturated rings. The van der Waals surface area contributed by atoms with Crippen molar-refractivity contribution in [1.82, 2.24) is 9.62 Å². The van der Waals surface area contributed by atoms with E-state index in [2.05, 4.69) is 5.32 Å². The first-order valence-corrected chi connectivity index (χ1v) is 9.52. The van der Waals surface area contributed by atoms with E-state index in [1.807, 2.05) is 0 Å². The summed E-state index contributed by atoms with van der Waals surface area (Å²) in [7, 11) is -0.642. The summed E-state index contributed by atoms with van der Waals surface area (Å²) < 4.78 is 36.9. The number of hydrogen-bond acceptors (Lipinski definition) is 5. The molecule has 0 spiro atoms. The zero-order valence-electron chi connectivity index (χ0n) is 14.6. The van der Waals surface area contributed by atoms with E-state index in [9.17, 15) is 13.2 Å². The van der Waals surface area contributed by atoms with Gasteiger partial charge in [-0.1, -0.05) is 18.2 Å². The molecule has 0 aliphatic carbocycles. The fourth-order valence-corrected chi connectivity index (χ4v) is 3.68. The largest absolute Gasteiger partial charge is 0.486 e. The van der Waals surface area contributed by atoms with Gasteiger partial charge in [0, 0.05) is 26.2 Å². The predicted octanol–water partition coefficient (Wildman–Crippen LogP) is 1.64. The molecule has 0 aromatic heterocycles. The van der Waals surface area contributed by atoms with Crippen LogP contribution in [0.15, 0.2) is 47.4 Å². The van der Waals surface area contributed by atoms with E-state index in [0.717, 1.165) is 4.31 Å². The van der Waals surface area contributed by atoms with E-state index in [1.165, 1.54) is 20.2 Å². The maximum atomic E-state index is 12.4. The highest BCUT2D eigenvalue weighted by molar-refractivity contribution is 7.89. The van der Waals surface area contributed by atoms with Gasteiger partial charge in [-0.05, 0) is 29.8 Å². The van der Waals surface area contributed by atoms with Crippen molar-refractivity contribution < 1.29 is 22.7 Å². The van der Waals surface area contributed by atoms with Crippen molar-refractivity contribution in [2.45, 2.75) is 11.4 Å². The molecule has 1 aliphatic heterocycles. The van der Waals surface area contributed by atoms with Crippen LogP contribution in [0, 0.1) is 0 Å². The van der Waals surface area contributed by atoms with Gasteiger partial charge < -0.3 is 14.8 Å². The van der Waals surface area contributed by atoms with E-state index >= 15 is 0 Å². The zero-order chi connectivity index (χ0) is 18.7. The highest BCUT2D eigenvalue weighted by Crippen LogP contribution is 2.30. The highest BCUT2D eigenvalue weighted by Gasteiger charge is 2.21. The standard InChI is InChI=1S/C18H20N2O5S/c1-20(2)26(22,23)17-6-4-3-5-14(17)12-19-18(21)13-7-8-15-16(11-13)25-10-9-24-15/h3-8,11H,9-10,12H2,1-2H3,(H,19,21). The summed E-state index contributed by atoms with van der Waals surface area (Å²) in [5.41, 5.74) is 0.939. The average molecular weight is 376 g/mol. The fourth-order valence-electron chi connectivity index (χ4n) is 2.56. The third-order valence-electron chi connectivity index (χ3n) is 3.97. The number of rotatable bonds is 5. The molecule has 0 radical (unpaired) electrons. The Bertz CT molecular complexity index is 925. The smallest absolute Gasteiger partial charge is 0.251 e. The van der Waals surface area contributed by atoms with Crippen molar-refractivity contribution in [1.29, 1.82) is 0 Å². The van der Waals surface area contributed by atoms with E-state index in [0.29, 0.717) is 35.8 Å². The lowest BCUT2D eigenvalue weighted by Gasteiger charge is -2.19. The van der Waals surface area contributed by atoms with Crippen molar-refractivity contribution in [3.05, 3.63) is 53.6 Å². The van der Waals surface area contributed by atoms with Crippen molar-refractivity contribution in [3.63, 3.8) is 0 Å². The molecule has 2 aromatic rings.